The first-order valence-corrected chi connectivity index (χ1v) is 10.3. The van der Waals surface area contributed by atoms with Crippen molar-refractivity contribution in [1.29, 1.82) is 0 Å². The number of carbonyl (C=O) groups is 3. The van der Waals surface area contributed by atoms with Gasteiger partial charge in [0.1, 0.15) is 12.1 Å². The van der Waals surface area contributed by atoms with Crippen molar-refractivity contribution in [1.82, 2.24) is 15.1 Å². The van der Waals surface area contributed by atoms with Crippen LogP contribution in [0.3, 0.4) is 0 Å². The van der Waals surface area contributed by atoms with Gasteiger partial charge in [-0.05, 0) is 43.2 Å². The standard InChI is InChI=1S/C21H23N3O3S/c1-14-5-7-15(8-6-14)12-23(2)18(25)13-24-19(26)21(22-20(24)27)10-3-4-17-16(21)9-11-28-17/h5-9,11H,3-4,10,12-13H2,1-2H3,(H,22,27)/t21-/m0/s1. The van der Waals surface area contributed by atoms with E-state index in [0.717, 1.165) is 39.3 Å². The van der Waals surface area contributed by atoms with Crippen molar-refractivity contribution < 1.29 is 14.4 Å². The molecule has 6 nitrogen and oxygen atoms in total. The third-order valence-corrected chi connectivity index (χ3v) is 6.58. The molecule has 1 N–H and O–H groups in total. The molecule has 1 fully saturated rings. The van der Waals surface area contributed by atoms with Crippen LogP contribution in [0.25, 0.3) is 0 Å². The van der Waals surface area contributed by atoms with Crippen LogP contribution in [-0.4, -0.2) is 41.2 Å². The number of hydrogen-bond donors (Lipinski definition) is 1. The quantitative estimate of drug-likeness (QED) is 0.807. The minimum absolute atomic E-state index is 0.242. The van der Waals surface area contributed by atoms with Crippen LogP contribution >= 0.6 is 11.3 Å². The molecule has 0 bridgehead atoms. The molecule has 146 valence electrons. The van der Waals surface area contributed by atoms with E-state index in [0.29, 0.717) is 13.0 Å². The average molecular weight is 398 g/mol. The molecule has 4 amide bonds. The van der Waals surface area contributed by atoms with Crippen molar-refractivity contribution in [3.8, 4) is 0 Å². The summed E-state index contributed by atoms with van der Waals surface area (Å²) in [5.74, 6) is -0.573. The van der Waals surface area contributed by atoms with Crippen LogP contribution in [0.15, 0.2) is 35.7 Å². The number of nitrogens with one attached hydrogen (secondary N) is 1. The number of amides is 4. The Hall–Kier alpha value is -2.67. The fourth-order valence-corrected chi connectivity index (χ4v) is 5.00. The van der Waals surface area contributed by atoms with Crippen LogP contribution in [0.1, 0.15) is 34.4 Å². The molecule has 1 aliphatic heterocycles. The molecule has 1 aliphatic carbocycles. The molecule has 0 radical (unpaired) electrons. The lowest BCUT2D eigenvalue weighted by Crippen LogP contribution is -2.46. The summed E-state index contributed by atoms with van der Waals surface area (Å²) in [5.41, 5.74) is 2.05. The van der Waals surface area contributed by atoms with Gasteiger partial charge in [-0.3, -0.25) is 14.5 Å². The number of thiophene rings is 1. The summed E-state index contributed by atoms with van der Waals surface area (Å²) in [5, 5.41) is 4.84. The van der Waals surface area contributed by atoms with Gasteiger partial charge in [0.25, 0.3) is 5.91 Å². The predicted molar refractivity (Wildman–Crippen MR) is 107 cm³/mol. The van der Waals surface area contributed by atoms with Gasteiger partial charge in [0.05, 0.1) is 0 Å². The van der Waals surface area contributed by atoms with Gasteiger partial charge in [0.15, 0.2) is 0 Å². The Labute approximate surface area is 168 Å². The lowest BCUT2D eigenvalue weighted by atomic mass is 9.80. The third-order valence-electron chi connectivity index (χ3n) is 5.60. The molecule has 4 rings (SSSR count). The fourth-order valence-electron chi connectivity index (χ4n) is 4.00. The molecule has 1 saturated heterocycles. The van der Waals surface area contributed by atoms with Crippen molar-refractivity contribution in [2.24, 2.45) is 0 Å². The number of aryl methyl sites for hydroxylation is 2. The molecule has 0 unspecified atom stereocenters. The lowest BCUT2D eigenvalue weighted by Gasteiger charge is -2.31. The van der Waals surface area contributed by atoms with Gasteiger partial charge in [-0.2, -0.15) is 0 Å². The van der Waals surface area contributed by atoms with Crippen molar-refractivity contribution in [3.63, 3.8) is 0 Å². The minimum Gasteiger partial charge on any atom is -0.340 e. The monoisotopic (exact) mass is 397 g/mol. The van der Waals surface area contributed by atoms with Crippen molar-refractivity contribution in [2.75, 3.05) is 13.6 Å². The SMILES string of the molecule is Cc1ccc(CN(C)C(=O)CN2C(=O)N[C@]3(CCCc4sccc43)C2=O)cc1. The van der Waals surface area contributed by atoms with Gasteiger partial charge < -0.3 is 10.2 Å². The first-order chi connectivity index (χ1) is 13.4. The maximum atomic E-state index is 13.2. The zero-order valence-corrected chi connectivity index (χ0v) is 16.8. The maximum Gasteiger partial charge on any atom is 0.325 e. The number of urea groups is 1. The second kappa shape index (κ2) is 7.05. The number of fused-ring (bicyclic) bond motifs is 2. The maximum absolute atomic E-state index is 13.2. The van der Waals surface area contributed by atoms with Gasteiger partial charge in [-0.1, -0.05) is 29.8 Å². The smallest absolute Gasteiger partial charge is 0.325 e. The van der Waals surface area contributed by atoms with Gasteiger partial charge in [-0.25, -0.2) is 4.79 Å². The number of rotatable bonds is 4. The number of hydrogen-bond acceptors (Lipinski definition) is 4. The molecule has 1 atom stereocenters. The summed E-state index contributed by atoms with van der Waals surface area (Å²) in [7, 11) is 1.69. The van der Waals surface area contributed by atoms with Crippen LogP contribution in [0, 0.1) is 6.92 Å². The number of nitrogens with zero attached hydrogens (tertiary/aromatic N) is 2. The lowest BCUT2D eigenvalue weighted by molar-refractivity contribution is -0.139. The zero-order chi connectivity index (χ0) is 19.9. The fraction of sp³-hybridized carbons (Fsp3) is 0.381. The van der Waals surface area contributed by atoms with Crippen molar-refractivity contribution >= 4 is 29.2 Å². The van der Waals surface area contributed by atoms with Gasteiger partial charge in [0, 0.05) is 24.0 Å². The van der Waals surface area contributed by atoms with Crippen LogP contribution in [-0.2, 0) is 28.1 Å². The van der Waals surface area contributed by atoms with Gasteiger partial charge >= 0.3 is 6.03 Å². The van der Waals surface area contributed by atoms with E-state index in [1.807, 2.05) is 42.6 Å². The number of benzene rings is 1. The molecule has 1 aromatic heterocycles. The Balaban J connectivity index is 1.48. The molecule has 2 aromatic rings. The van der Waals surface area contributed by atoms with Crippen LogP contribution < -0.4 is 5.32 Å². The van der Waals surface area contributed by atoms with E-state index >= 15 is 0 Å². The molecule has 1 spiro atoms. The highest BCUT2D eigenvalue weighted by Crippen LogP contribution is 2.42. The zero-order valence-electron chi connectivity index (χ0n) is 16.0. The highest BCUT2D eigenvalue weighted by Gasteiger charge is 2.54. The van der Waals surface area contributed by atoms with Crippen molar-refractivity contribution in [2.45, 2.75) is 38.3 Å². The van der Waals surface area contributed by atoms with Crippen LogP contribution in [0.2, 0.25) is 0 Å². The summed E-state index contributed by atoms with van der Waals surface area (Å²) in [6, 6.07) is 9.38. The van der Waals surface area contributed by atoms with Gasteiger partial charge in [-0.15, -0.1) is 11.3 Å². The highest BCUT2D eigenvalue weighted by molar-refractivity contribution is 7.10. The summed E-state index contributed by atoms with van der Waals surface area (Å²) >= 11 is 1.61. The number of carbonyl (C=O) groups excluding carboxylic acids is 3. The predicted octanol–water partition coefficient (Wildman–Crippen LogP) is 2.80. The Kier molecular flexibility index (Phi) is 4.71. The summed E-state index contributed by atoms with van der Waals surface area (Å²) in [4.78, 5) is 42.2. The Morgan fingerprint density at radius 3 is 2.75 bits per heavy atom. The average Bonchev–Trinajstić information content (AvgIpc) is 3.24. The second-order valence-electron chi connectivity index (χ2n) is 7.57. The molecular formula is C21H23N3O3S. The number of likely N-dealkylation sites (N-methyl/N-ethyl adjacent to an activating group) is 1. The molecule has 28 heavy (non-hydrogen) atoms. The Bertz CT molecular complexity index is 937. The Morgan fingerprint density at radius 2 is 2.00 bits per heavy atom. The van der Waals surface area contributed by atoms with Crippen LogP contribution in [0.5, 0.6) is 0 Å². The second-order valence-corrected chi connectivity index (χ2v) is 8.57. The Morgan fingerprint density at radius 1 is 1.25 bits per heavy atom. The minimum atomic E-state index is -1.000. The first kappa shape index (κ1) is 18.7. The summed E-state index contributed by atoms with van der Waals surface area (Å²) in [6.07, 6.45) is 2.34. The van der Waals surface area contributed by atoms with Gasteiger partial charge in [0.2, 0.25) is 5.91 Å². The molecule has 7 heteroatoms. The molecule has 2 aliphatic rings. The highest BCUT2D eigenvalue weighted by atomic mass is 32.1. The van der Waals surface area contributed by atoms with E-state index in [9.17, 15) is 14.4 Å². The third kappa shape index (κ3) is 3.09. The van der Waals surface area contributed by atoms with E-state index in [1.165, 1.54) is 0 Å². The van der Waals surface area contributed by atoms with E-state index in [2.05, 4.69) is 5.32 Å². The molecule has 1 aromatic carbocycles. The van der Waals surface area contributed by atoms with E-state index in [4.69, 9.17) is 0 Å². The normalized spacial score (nSPS) is 21.0. The molecule has 2 heterocycles. The first-order valence-electron chi connectivity index (χ1n) is 9.41. The number of imide groups is 1. The van der Waals surface area contributed by atoms with Crippen molar-refractivity contribution in [3.05, 3.63) is 57.3 Å². The molecule has 0 saturated carbocycles. The largest absolute Gasteiger partial charge is 0.340 e. The molecular weight excluding hydrogens is 374 g/mol. The topological polar surface area (TPSA) is 69.7 Å². The van der Waals surface area contributed by atoms with E-state index in [1.54, 1.807) is 23.3 Å². The van der Waals surface area contributed by atoms with E-state index in [-0.39, 0.29) is 18.4 Å². The van der Waals surface area contributed by atoms with Crippen LogP contribution in [0.4, 0.5) is 4.79 Å². The van der Waals surface area contributed by atoms with E-state index < -0.39 is 11.6 Å². The summed E-state index contributed by atoms with van der Waals surface area (Å²) < 4.78 is 0. The summed E-state index contributed by atoms with van der Waals surface area (Å²) in [6.45, 7) is 2.20.